The molecular weight excluding hydrogens is 206 g/mol. The Hall–Kier alpha value is -0.800. The zero-order chi connectivity index (χ0) is 9.84. The molecule has 0 bridgehead atoms. The lowest BCUT2D eigenvalue weighted by Gasteiger charge is -2.06. The van der Waals surface area contributed by atoms with Crippen LogP contribution in [-0.4, -0.2) is 11.9 Å². The Morgan fingerprint density at radius 3 is 3.00 bits per heavy atom. The Morgan fingerprint density at radius 1 is 1.85 bits per heavy atom. The highest BCUT2D eigenvalue weighted by molar-refractivity contribution is 7.12. The van der Waals surface area contributed by atoms with Crippen molar-refractivity contribution in [2.75, 3.05) is 0 Å². The molecule has 70 valence electrons. The van der Waals surface area contributed by atoms with Gasteiger partial charge in [0, 0.05) is 11.4 Å². The number of carbonyl (C=O) groups excluding carboxylic acids is 1. The van der Waals surface area contributed by atoms with E-state index in [1.54, 1.807) is 17.5 Å². The Kier molecular flexibility index (Phi) is 3.51. The summed E-state index contributed by atoms with van der Waals surface area (Å²) >= 11 is 7.02. The predicted molar refractivity (Wildman–Crippen MR) is 56.5 cm³/mol. The van der Waals surface area contributed by atoms with E-state index in [4.69, 9.17) is 11.6 Å². The van der Waals surface area contributed by atoms with Crippen LogP contribution in [0.15, 0.2) is 24.1 Å². The van der Waals surface area contributed by atoms with Crippen LogP contribution < -0.4 is 5.32 Å². The molecule has 0 aliphatic rings. The first-order valence-electron chi connectivity index (χ1n) is 3.81. The molecule has 0 aliphatic heterocycles. The molecule has 2 nitrogen and oxygen atoms in total. The van der Waals surface area contributed by atoms with E-state index in [-0.39, 0.29) is 11.9 Å². The number of rotatable bonds is 3. The summed E-state index contributed by atoms with van der Waals surface area (Å²) in [6.45, 7) is 5.44. The van der Waals surface area contributed by atoms with E-state index < -0.39 is 0 Å². The van der Waals surface area contributed by atoms with Crippen molar-refractivity contribution in [2.24, 2.45) is 0 Å². The molecule has 1 heterocycles. The van der Waals surface area contributed by atoms with Crippen LogP contribution in [0.4, 0.5) is 0 Å². The predicted octanol–water partition coefficient (Wildman–Crippen LogP) is 2.71. The summed E-state index contributed by atoms with van der Waals surface area (Å²) in [5, 5.41) is 5.08. The summed E-state index contributed by atoms with van der Waals surface area (Å²) in [7, 11) is 0. The van der Waals surface area contributed by atoms with Gasteiger partial charge in [0.2, 0.25) is 0 Å². The van der Waals surface area contributed by atoms with Gasteiger partial charge in [-0.15, -0.1) is 17.9 Å². The van der Waals surface area contributed by atoms with Gasteiger partial charge in [0.05, 0.1) is 9.90 Å². The third-order valence-electron chi connectivity index (χ3n) is 1.50. The Morgan fingerprint density at radius 2 is 2.54 bits per heavy atom. The molecule has 13 heavy (non-hydrogen) atoms. The highest BCUT2D eigenvalue weighted by Gasteiger charge is 2.09. The summed E-state index contributed by atoms with van der Waals surface area (Å²) in [4.78, 5) is 12.0. The van der Waals surface area contributed by atoms with Crippen molar-refractivity contribution in [1.29, 1.82) is 0 Å². The fourth-order valence-electron chi connectivity index (χ4n) is 0.769. The number of halogens is 1. The summed E-state index contributed by atoms with van der Waals surface area (Å²) in [6.07, 6.45) is 1.67. The van der Waals surface area contributed by atoms with Crippen LogP contribution in [0, 0.1) is 0 Å². The summed E-state index contributed by atoms with van der Waals surface area (Å²) in [5.74, 6) is -0.107. The van der Waals surface area contributed by atoms with E-state index in [1.165, 1.54) is 11.3 Å². The van der Waals surface area contributed by atoms with Gasteiger partial charge in [0.15, 0.2) is 0 Å². The number of hydrogen-bond acceptors (Lipinski definition) is 2. The summed E-state index contributed by atoms with van der Waals surface area (Å²) in [5.41, 5.74) is 0. The second-order valence-corrected chi connectivity index (χ2v) is 3.97. The Bertz CT molecular complexity index is 321. The lowest BCUT2D eigenvalue weighted by molar-refractivity contribution is 0.0951. The van der Waals surface area contributed by atoms with Gasteiger partial charge in [0.1, 0.15) is 0 Å². The second kappa shape index (κ2) is 4.44. The van der Waals surface area contributed by atoms with Gasteiger partial charge in [0.25, 0.3) is 5.91 Å². The maximum absolute atomic E-state index is 11.4. The second-order valence-electron chi connectivity index (χ2n) is 2.63. The van der Waals surface area contributed by atoms with E-state index in [2.05, 4.69) is 11.9 Å². The van der Waals surface area contributed by atoms with Gasteiger partial charge in [-0.2, -0.15) is 0 Å². The molecule has 0 saturated carbocycles. The molecule has 0 spiro atoms. The fourth-order valence-corrected chi connectivity index (χ4v) is 1.74. The minimum atomic E-state index is -0.107. The Labute approximate surface area is 86.2 Å². The van der Waals surface area contributed by atoms with Gasteiger partial charge in [-0.05, 0) is 13.0 Å². The van der Waals surface area contributed by atoms with Crippen molar-refractivity contribution in [3.8, 4) is 0 Å². The van der Waals surface area contributed by atoms with Crippen LogP contribution in [0.2, 0.25) is 5.02 Å². The maximum Gasteiger partial charge on any atom is 0.261 e. The van der Waals surface area contributed by atoms with E-state index in [9.17, 15) is 4.79 Å². The molecule has 1 amide bonds. The number of carbonyl (C=O) groups is 1. The van der Waals surface area contributed by atoms with Crippen molar-refractivity contribution in [3.05, 3.63) is 34.0 Å². The number of amides is 1. The minimum absolute atomic E-state index is 0.0200. The van der Waals surface area contributed by atoms with Crippen LogP contribution in [0.1, 0.15) is 16.6 Å². The average molecular weight is 216 g/mol. The van der Waals surface area contributed by atoms with Crippen LogP contribution in [0.5, 0.6) is 0 Å². The molecule has 0 aromatic carbocycles. The molecule has 1 rings (SSSR count). The Balaban J connectivity index is 2.63. The first-order valence-corrected chi connectivity index (χ1v) is 5.06. The van der Waals surface area contributed by atoms with Crippen molar-refractivity contribution in [2.45, 2.75) is 13.0 Å². The molecule has 1 atom stereocenters. The van der Waals surface area contributed by atoms with Crippen LogP contribution >= 0.6 is 22.9 Å². The topological polar surface area (TPSA) is 29.1 Å². The van der Waals surface area contributed by atoms with Crippen molar-refractivity contribution in [1.82, 2.24) is 5.32 Å². The van der Waals surface area contributed by atoms with Crippen LogP contribution in [0.3, 0.4) is 0 Å². The summed E-state index contributed by atoms with van der Waals surface area (Å²) in [6, 6.07) is 1.63. The monoisotopic (exact) mass is 215 g/mol. The standard InChI is InChI=1S/C9H10ClNOS/c1-3-6(2)11-9(12)8-4-7(10)5-13-8/h3-6H,1H2,2H3,(H,11,12). The van der Waals surface area contributed by atoms with Crippen LogP contribution in [0.25, 0.3) is 0 Å². The maximum atomic E-state index is 11.4. The molecule has 4 heteroatoms. The lowest BCUT2D eigenvalue weighted by atomic mass is 10.3. The normalized spacial score (nSPS) is 12.2. The lowest BCUT2D eigenvalue weighted by Crippen LogP contribution is -2.30. The first-order chi connectivity index (χ1) is 6.13. The van der Waals surface area contributed by atoms with E-state index in [1.807, 2.05) is 6.92 Å². The molecule has 1 aromatic heterocycles. The van der Waals surface area contributed by atoms with Gasteiger partial charge in [-0.3, -0.25) is 4.79 Å². The zero-order valence-corrected chi connectivity index (χ0v) is 8.78. The van der Waals surface area contributed by atoms with Gasteiger partial charge < -0.3 is 5.32 Å². The molecule has 1 unspecified atom stereocenters. The molecular formula is C9H10ClNOS. The number of nitrogens with one attached hydrogen (secondary N) is 1. The third-order valence-corrected chi connectivity index (χ3v) is 2.78. The van der Waals surface area contributed by atoms with E-state index >= 15 is 0 Å². The molecule has 0 aliphatic carbocycles. The molecule has 0 fully saturated rings. The molecule has 0 radical (unpaired) electrons. The largest absolute Gasteiger partial charge is 0.345 e. The average Bonchev–Trinajstić information content (AvgIpc) is 2.51. The number of thiophene rings is 1. The smallest absolute Gasteiger partial charge is 0.261 e. The van der Waals surface area contributed by atoms with Crippen molar-refractivity contribution in [3.63, 3.8) is 0 Å². The van der Waals surface area contributed by atoms with Crippen molar-refractivity contribution < 1.29 is 4.79 Å². The zero-order valence-electron chi connectivity index (χ0n) is 7.21. The third kappa shape index (κ3) is 2.86. The molecule has 0 saturated heterocycles. The highest BCUT2D eigenvalue weighted by atomic mass is 35.5. The van der Waals surface area contributed by atoms with Gasteiger partial charge >= 0.3 is 0 Å². The first kappa shape index (κ1) is 10.3. The highest BCUT2D eigenvalue weighted by Crippen LogP contribution is 2.18. The van der Waals surface area contributed by atoms with Gasteiger partial charge in [-0.1, -0.05) is 17.7 Å². The van der Waals surface area contributed by atoms with E-state index in [0.717, 1.165) is 0 Å². The summed E-state index contributed by atoms with van der Waals surface area (Å²) < 4.78 is 0. The van der Waals surface area contributed by atoms with Crippen LogP contribution in [-0.2, 0) is 0 Å². The SMILES string of the molecule is C=CC(C)NC(=O)c1cc(Cl)cs1. The fraction of sp³-hybridized carbons (Fsp3) is 0.222. The van der Waals surface area contributed by atoms with E-state index in [0.29, 0.717) is 9.90 Å². The van der Waals surface area contributed by atoms with Gasteiger partial charge in [-0.25, -0.2) is 0 Å². The quantitative estimate of drug-likeness (QED) is 0.772. The molecule has 1 aromatic rings. The molecule has 1 N–H and O–H groups in total. The van der Waals surface area contributed by atoms with Crippen molar-refractivity contribution >= 4 is 28.8 Å². The minimum Gasteiger partial charge on any atom is -0.345 e. The number of hydrogen-bond donors (Lipinski definition) is 1.